The number of para-hydroxylation sites is 2. The fourth-order valence-electron chi connectivity index (χ4n) is 1.86. The molecule has 3 rings (SSSR count). The molecule has 0 fully saturated rings. The number of phenolic OH excluding ortho intramolecular Hbond substituents is 1. The molecule has 0 radical (unpaired) electrons. The Labute approximate surface area is 109 Å². The molecule has 0 aliphatic carbocycles. The minimum absolute atomic E-state index is 0.0226. The van der Waals surface area contributed by atoms with Crippen LogP contribution in [-0.2, 0) is 10.0 Å². The molecule has 0 saturated heterocycles. The molecular formula is C13H10N2O3S. The third-order valence-electron chi connectivity index (χ3n) is 2.81. The standard InChI is InChI=1S/C13H10N2O3S/c16-10-5-7-11(8-6-10)19(17,18)15-9-14-12-3-1-2-4-13(12)15/h1-9,16H. The van der Waals surface area contributed by atoms with Crippen LogP contribution in [0.2, 0.25) is 0 Å². The van der Waals surface area contributed by atoms with Crippen LogP contribution >= 0.6 is 0 Å². The van der Waals surface area contributed by atoms with Crippen LogP contribution in [0.1, 0.15) is 0 Å². The monoisotopic (exact) mass is 274 g/mol. The van der Waals surface area contributed by atoms with E-state index in [1.54, 1.807) is 24.3 Å². The number of nitrogens with zero attached hydrogens (tertiary/aromatic N) is 2. The Kier molecular flexibility index (Phi) is 2.53. The van der Waals surface area contributed by atoms with E-state index in [1.165, 1.54) is 30.6 Å². The predicted molar refractivity (Wildman–Crippen MR) is 70.4 cm³/mol. The molecule has 0 saturated carbocycles. The summed E-state index contributed by atoms with van der Waals surface area (Å²) in [7, 11) is -3.70. The Morgan fingerprint density at radius 1 is 1.00 bits per heavy atom. The smallest absolute Gasteiger partial charge is 0.269 e. The number of aromatic nitrogens is 2. The van der Waals surface area contributed by atoms with E-state index < -0.39 is 10.0 Å². The van der Waals surface area contributed by atoms with Crippen molar-refractivity contribution in [3.63, 3.8) is 0 Å². The van der Waals surface area contributed by atoms with Gasteiger partial charge in [-0.3, -0.25) is 0 Å². The van der Waals surface area contributed by atoms with Crippen molar-refractivity contribution in [1.29, 1.82) is 0 Å². The second-order valence-electron chi connectivity index (χ2n) is 4.03. The van der Waals surface area contributed by atoms with Crippen molar-refractivity contribution in [2.24, 2.45) is 0 Å². The average Bonchev–Trinajstić information content (AvgIpc) is 2.83. The first-order chi connectivity index (χ1) is 9.09. The minimum Gasteiger partial charge on any atom is -0.508 e. The van der Waals surface area contributed by atoms with E-state index in [0.717, 1.165) is 3.97 Å². The Bertz CT molecular complexity index is 836. The molecule has 0 unspecified atom stereocenters. The lowest BCUT2D eigenvalue weighted by Gasteiger charge is -2.06. The molecule has 0 aliphatic heterocycles. The summed E-state index contributed by atoms with van der Waals surface area (Å²) in [4.78, 5) is 4.17. The largest absolute Gasteiger partial charge is 0.508 e. The molecule has 1 N–H and O–H groups in total. The van der Waals surface area contributed by atoms with Crippen molar-refractivity contribution >= 4 is 21.1 Å². The van der Waals surface area contributed by atoms with Crippen LogP contribution in [0, 0.1) is 0 Å². The van der Waals surface area contributed by atoms with Crippen LogP contribution < -0.4 is 0 Å². The number of hydrogen-bond donors (Lipinski definition) is 1. The minimum atomic E-state index is -3.70. The molecule has 2 aromatic carbocycles. The summed E-state index contributed by atoms with van der Waals surface area (Å²) < 4.78 is 26.1. The summed E-state index contributed by atoms with van der Waals surface area (Å²) in [5.74, 6) is 0.0226. The number of hydrogen-bond acceptors (Lipinski definition) is 4. The summed E-state index contributed by atoms with van der Waals surface area (Å²) in [5.41, 5.74) is 1.14. The van der Waals surface area contributed by atoms with Crippen molar-refractivity contribution < 1.29 is 13.5 Å². The van der Waals surface area contributed by atoms with Gasteiger partial charge in [0.05, 0.1) is 15.9 Å². The maximum Gasteiger partial charge on any atom is 0.269 e. The van der Waals surface area contributed by atoms with Crippen LogP contribution in [0.5, 0.6) is 5.75 Å². The molecule has 1 aromatic heterocycles. The Hall–Kier alpha value is -2.34. The molecule has 0 amide bonds. The molecule has 0 bridgehead atoms. The second-order valence-corrected chi connectivity index (χ2v) is 5.84. The zero-order chi connectivity index (χ0) is 13.5. The highest BCUT2D eigenvalue weighted by Gasteiger charge is 2.19. The highest BCUT2D eigenvalue weighted by molar-refractivity contribution is 7.90. The fourth-order valence-corrected chi connectivity index (χ4v) is 3.15. The lowest BCUT2D eigenvalue weighted by molar-refractivity contribution is 0.474. The van der Waals surface area contributed by atoms with Gasteiger partial charge in [0.1, 0.15) is 12.1 Å². The third-order valence-corrected chi connectivity index (χ3v) is 4.49. The van der Waals surface area contributed by atoms with E-state index in [1.807, 2.05) is 0 Å². The number of imidazole rings is 1. The molecule has 0 aliphatic rings. The van der Waals surface area contributed by atoms with Gasteiger partial charge in [-0.1, -0.05) is 12.1 Å². The van der Waals surface area contributed by atoms with Gasteiger partial charge in [-0.2, -0.15) is 0 Å². The van der Waals surface area contributed by atoms with Gasteiger partial charge >= 0.3 is 0 Å². The molecule has 1 heterocycles. The molecule has 5 nitrogen and oxygen atoms in total. The Morgan fingerprint density at radius 2 is 1.68 bits per heavy atom. The molecular weight excluding hydrogens is 264 g/mol. The number of rotatable bonds is 2. The first kappa shape index (κ1) is 11.7. The summed E-state index contributed by atoms with van der Waals surface area (Å²) in [6.07, 6.45) is 1.28. The average molecular weight is 274 g/mol. The number of aromatic hydroxyl groups is 1. The lowest BCUT2D eigenvalue weighted by Crippen LogP contribution is -2.11. The second kappa shape index (κ2) is 4.10. The van der Waals surface area contributed by atoms with Gasteiger partial charge in [0.2, 0.25) is 0 Å². The Morgan fingerprint density at radius 3 is 2.42 bits per heavy atom. The number of fused-ring (bicyclic) bond motifs is 1. The van der Waals surface area contributed by atoms with Crippen LogP contribution in [0.4, 0.5) is 0 Å². The first-order valence-electron chi connectivity index (χ1n) is 5.56. The van der Waals surface area contributed by atoms with E-state index >= 15 is 0 Å². The van der Waals surface area contributed by atoms with Crippen molar-refractivity contribution in [3.05, 3.63) is 54.9 Å². The fraction of sp³-hybridized carbons (Fsp3) is 0. The normalized spacial score (nSPS) is 11.8. The van der Waals surface area contributed by atoms with E-state index in [-0.39, 0.29) is 10.6 Å². The highest BCUT2D eigenvalue weighted by Crippen LogP contribution is 2.21. The summed E-state index contributed by atoms with van der Waals surface area (Å²) >= 11 is 0. The van der Waals surface area contributed by atoms with Crippen LogP contribution in [0.3, 0.4) is 0 Å². The zero-order valence-electron chi connectivity index (χ0n) is 9.76. The van der Waals surface area contributed by atoms with Crippen LogP contribution in [0.15, 0.2) is 59.8 Å². The van der Waals surface area contributed by atoms with Gasteiger partial charge in [0, 0.05) is 0 Å². The van der Waals surface area contributed by atoms with Gasteiger partial charge < -0.3 is 5.11 Å². The van der Waals surface area contributed by atoms with Crippen LogP contribution in [0.25, 0.3) is 11.0 Å². The van der Waals surface area contributed by atoms with E-state index in [4.69, 9.17) is 0 Å². The third kappa shape index (κ3) is 1.86. The number of benzene rings is 2. The maximum atomic E-state index is 12.5. The lowest BCUT2D eigenvalue weighted by atomic mass is 10.3. The van der Waals surface area contributed by atoms with Gasteiger partial charge in [0.25, 0.3) is 10.0 Å². The molecule has 19 heavy (non-hydrogen) atoms. The predicted octanol–water partition coefficient (Wildman–Crippen LogP) is 1.98. The van der Waals surface area contributed by atoms with Gasteiger partial charge in [-0.05, 0) is 36.4 Å². The van der Waals surface area contributed by atoms with E-state index in [9.17, 15) is 13.5 Å². The van der Waals surface area contributed by atoms with Gasteiger partial charge in [0.15, 0.2) is 0 Å². The zero-order valence-corrected chi connectivity index (χ0v) is 10.6. The quantitative estimate of drug-likeness (QED) is 0.775. The molecule has 96 valence electrons. The van der Waals surface area contributed by atoms with Crippen molar-refractivity contribution in [2.75, 3.05) is 0 Å². The summed E-state index contributed by atoms with van der Waals surface area (Å²) in [5, 5.41) is 9.21. The van der Waals surface area contributed by atoms with E-state index in [0.29, 0.717) is 11.0 Å². The van der Waals surface area contributed by atoms with Crippen molar-refractivity contribution in [3.8, 4) is 5.75 Å². The summed E-state index contributed by atoms with van der Waals surface area (Å²) in [6, 6.07) is 12.4. The highest BCUT2D eigenvalue weighted by atomic mass is 32.2. The van der Waals surface area contributed by atoms with Crippen LogP contribution in [-0.4, -0.2) is 22.5 Å². The molecule has 3 aromatic rings. The summed E-state index contributed by atoms with van der Waals surface area (Å²) in [6.45, 7) is 0. The number of phenols is 1. The SMILES string of the molecule is O=S(=O)(c1ccc(O)cc1)n1cnc2ccccc21. The molecule has 6 heteroatoms. The molecule has 0 spiro atoms. The van der Waals surface area contributed by atoms with Crippen molar-refractivity contribution in [2.45, 2.75) is 4.90 Å². The maximum absolute atomic E-state index is 12.5. The van der Waals surface area contributed by atoms with Gasteiger partial charge in [-0.25, -0.2) is 17.4 Å². The van der Waals surface area contributed by atoms with Gasteiger partial charge in [-0.15, -0.1) is 0 Å². The Balaban J connectivity index is 2.22. The van der Waals surface area contributed by atoms with Crippen molar-refractivity contribution in [1.82, 2.24) is 8.96 Å². The van der Waals surface area contributed by atoms with E-state index in [2.05, 4.69) is 4.98 Å². The first-order valence-corrected chi connectivity index (χ1v) is 7.00. The molecule has 0 atom stereocenters. The topological polar surface area (TPSA) is 72.2 Å².